The highest BCUT2D eigenvalue weighted by Crippen LogP contribution is 2.11. The van der Waals surface area contributed by atoms with E-state index < -0.39 is 0 Å². The van der Waals surface area contributed by atoms with E-state index in [2.05, 4.69) is 15.8 Å². The molecule has 1 atom stereocenters. The van der Waals surface area contributed by atoms with E-state index in [0.29, 0.717) is 6.17 Å². The van der Waals surface area contributed by atoms with Crippen molar-refractivity contribution in [3.8, 4) is 0 Å². The molecule has 0 bridgehead atoms. The number of hydrogen-bond donors (Lipinski definition) is 2. The molecule has 2 N–H and O–H groups in total. The number of nitrogens with one attached hydrogen (secondary N) is 2. The molecule has 3 nitrogen and oxygen atoms in total. The van der Waals surface area contributed by atoms with Crippen molar-refractivity contribution >= 4 is 0 Å². The normalized spacial score (nSPS) is 28.8. The number of hydrogen-bond acceptors (Lipinski definition) is 3. The summed E-state index contributed by atoms with van der Waals surface area (Å²) in [7, 11) is 4.00. The molecule has 1 rings (SSSR count). The van der Waals surface area contributed by atoms with E-state index in [-0.39, 0.29) is 0 Å². The Morgan fingerprint density at radius 2 is 2.10 bits per heavy atom. The zero-order chi connectivity index (χ0) is 7.40. The smallest absolute Gasteiger partial charge is 0.0730 e. The van der Waals surface area contributed by atoms with Crippen LogP contribution in [0.25, 0.3) is 0 Å². The second kappa shape index (κ2) is 3.91. The van der Waals surface area contributed by atoms with Gasteiger partial charge >= 0.3 is 0 Å². The average Bonchev–Trinajstić information content (AvgIpc) is 2.04. The Labute approximate surface area is 62.8 Å². The minimum Gasteiger partial charge on any atom is -0.304 e. The molecule has 0 saturated carbocycles. The molecule has 1 fully saturated rings. The minimum atomic E-state index is 0.541. The van der Waals surface area contributed by atoms with Gasteiger partial charge in [-0.25, -0.2) is 5.01 Å². The van der Waals surface area contributed by atoms with Crippen LogP contribution in [0, 0.1) is 0 Å². The topological polar surface area (TPSA) is 27.3 Å². The van der Waals surface area contributed by atoms with Gasteiger partial charge in [-0.05, 0) is 33.4 Å². The lowest BCUT2D eigenvalue weighted by Crippen LogP contribution is -2.52. The van der Waals surface area contributed by atoms with Gasteiger partial charge in [-0.3, -0.25) is 5.43 Å². The molecule has 60 valence electrons. The molecule has 1 aliphatic rings. The molecule has 1 heterocycles. The Morgan fingerprint density at radius 1 is 1.30 bits per heavy atom. The standard InChI is InChI=1S/C7H17N3/c1-8-7-5-3-4-6-10(7)9-2/h7-9H,3-6H2,1-2H3. The van der Waals surface area contributed by atoms with Crippen molar-refractivity contribution in [2.75, 3.05) is 20.6 Å². The summed E-state index contributed by atoms with van der Waals surface area (Å²) < 4.78 is 0. The fourth-order valence-corrected chi connectivity index (χ4v) is 1.50. The Bertz CT molecular complexity index is 82.9. The largest absolute Gasteiger partial charge is 0.304 e. The first kappa shape index (κ1) is 7.98. The van der Waals surface area contributed by atoms with Crippen LogP contribution in [0.2, 0.25) is 0 Å². The first-order valence-electron chi connectivity index (χ1n) is 3.99. The summed E-state index contributed by atoms with van der Waals surface area (Å²) in [5, 5.41) is 5.52. The maximum Gasteiger partial charge on any atom is 0.0730 e. The molecule has 0 radical (unpaired) electrons. The molecule has 1 aliphatic heterocycles. The fraction of sp³-hybridized carbons (Fsp3) is 1.00. The summed E-state index contributed by atoms with van der Waals surface area (Å²) in [6.07, 6.45) is 4.47. The summed E-state index contributed by atoms with van der Waals surface area (Å²) in [6, 6.07) is 0. The monoisotopic (exact) mass is 143 g/mol. The van der Waals surface area contributed by atoms with Crippen LogP contribution in [0.5, 0.6) is 0 Å². The van der Waals surface area contributed by atoms with Crippen molar-refractivity contribution in [1.82, 2.24) is 15.8 Å². The van der Waals surface area contributed by atoms with E-state index in [4.69, 9.17) is 0 Å². The quantitative estimate of drug-likeness (QED) is 0.576. The number of hydrazine groups is 1. The lowest BCUT2D eigenvalue weighted by atomic mass is 10.1. The Balaban J connectivity index is 2.34. The van der Waals surface area contributed by atoms with Crippen molar-refractivity contribution < 1.29 is 0 Å². The molecule has 3 heteroatoms. The van der Waals surface area contributed by atoms with Crippen molar-refractivity contribution in [2.45, 2.75) is 25.4 Å². The fourth-order valence-electron chi connectivity index (χ4n) is 1.50. The van der Waals surface area contributed by atoms with Crippen molar-refractivity contribution in [2.24, 2.45) is 0 Å². The molecule has 0 aromatic rings. The van der Waals surface area contributed by atoms with E-state index in [1.54, 1.807) is 0 Å². The average molecular weight is 143 g/mol. The van der Waals surface area contributed by atoms with Crippen molar-refractivity contribution in [3.05, 3.63) is 0 Å². The van der Waals surface area contributed by atoms with Crippen LogP contribution in [0.4, 0.5) is 0 Å². The van der Waals surface area contributed by atoms with Crippen molar-refractivity contribution in [1.29, 1.82) is 0 Å². The van der Waals surface area contributed by atoms with Crippen molar-refractivity contribution in [3.63, 3.8) is 0 Å². The SMILES string of the molecule is CNC1CCCCN1NC. The van der Waals surface area contributed by atoms with Gasteiger partial charge < -0.3 is 5.32 Å². The van der Waals surface area contributed by atoms with Crippen LogP contribution in [-0.2, 0) is 0 Å². The van der Waals surface area contributed by atoms with Gasteiger partial charge in [-0.2, -0.15) is 0 Å². The zero-order valence-electron chi connectivity index (χ0n) is 6.85. The van der Waals surface area contributed by atoms with Gasteiger partial charge in [-0.1, -0.05) is 0 Å². The van der Waals surface area contributed by atoms with Crippen LogP contribution in [0.15, 0.2) is 0 Å². The zero-order valence-corrected chi connectivity index (χ0v) is 6.85. The predicted molar refractivity (Wildman–Crippen MR) is 42.5 cm³/mol. The number of nitrogens with zero attached hydrogens (tertiary/aromatic N) is 1. The highest BCUT2D eigenvalue weighted by molar-refractivity contribution is 4.69. The van der Waals surface area contributed by atoms with Crippen LogP contribution in [0.1, 0.15) is 19.3 Å². The molecule has 0 aromatic heterocycles. The summed E-state index contributed by atoms with van der Waals surface area (Å²) >= 11 is 0. The summed E-state index contributed by atoms with van der Waals surface area (Å²) in [5.74, 6) is 0. The molecule has 1 saturated heterocycles. The Morgan fingerprint density at radius 3 is 2.60 bits per heavy atom. The van der Waals surface area contributed by atoms with Gasteiger partial charge in [-0.15, -0.1) is 0 Å². The highest BCUT2D eigenvalue weighted by atomic mass is 15.5. The molecule has 0 aliphatic carbocycles. The first-order chi connectivity index (χ1) is 4.88. The third kappa shape index (κ3) is 1.68. The molecule has 0 amide bonds. The van der Waals surface area contributed by atoms with E-state index in [1.165, 1.54) is 25.8 Å². The second-order valence-corrected chi connectivity index (χ2v) is 2.72. The maximum absolute atomic E-state index is 3.27. The lowest BCUT2D eigenvalue weighted by molar-refractivity contribution is 0.0811. The molecule has 1 unspecified atom stereocenters. The number of piperidine rings is 1. The molecular weight excluding hydrogens is 126 g/mol. The third-order valence-corrected chi connectivity index (χ3v) is 2.12. The molecule has 0 aromatic carbocycles. The van der Waals surface area contributed by atoms with E-state index >= 15 is 0 Å². The Hall–Kier alpha value is -0.120. The van der Waals surface area contributed by atoms with Gasteiger partial charge in [0.25, 0.3) is 0 Å². The van der Waals surface area contributed by atoms with E-state index in [0.717, 1.165) is 0 Å². The lowest BCUT2D eigenvalue weighted by Gasteiger charge is -2.34. The molecular formula is C7H17N3. The predicted octanol–water partition coefficient (Wildman–Crippen LogP) is 0.152. The summed E-state index contributed by atoms with van der Waals surface area (Å²) in [4.78, 5) is 0. The number of rotatable bonds is 2. The summed E-state index contributed by atoms with van der Waals surface area (Å²) in [6.45, 7) is 1.17. The molecule has 0 spiro atoms. The minimum absolute atomic E-state index is 0.541. The summed E-state index contributed by atoms with van der Waals surface area (Å²) in [5.41, 5.74) is 3.18. The first-order valence-corrected chi connectivity index (χ1v) is 3.99. The third-order valence-electron chi connectivity index (χ3n) is 2.12. The Kier molecular flexibility index (Phi) is 3.12. The van der Waals surface area contributed by atoms with E-state index in [9.17, 15) is 0 Å². The van der Waals surface area contributed by atoms with E-state index in [1.807, 2.05) is 14.1 Å². The van der Waals surface area contributed by atoms with Crippen LogP contribution < -0.4 is 10.7 Å². The van der Waals surface area contributed by atoms with Crippen LogP contribution in [0.3, 0.4) is 0 Å². The van der Waals surface area contributed by atoms with Gasteiger partial charge in [0.15, 0.2) is 0 Å². The van der Waals surface area contributed by atoms with Gasteiger partial charge in [0.1, 0.15) is 0 Å². The molecule has 10 heavy (non-hydrogen) atoms. The van der Waals surface area contributed by atoms with Crippen LogP contribution >= 0.6 is 0 Å². The van der Waals surface area contributed by atoms with Gasteiger partial charge in [0.05, 0.1) is 6.17 Å². The second-order valence-electron chi connectivity index (χ2n) is 2.72. The highest BCUT2D eigenvalue weighted by Gasteiger charge is 2.18. The van der Waals surface area contributed by atoms with Gasteiger partial charge in [0, 0.05) is 6.54 Å². The maximum atomic E-state index is 3.27. The van der Waals surface area contributed by atoms with Gasteiger partial charge in [0.2, 0.25) is 0 Å². The van der Waals surface area contributed by atoms with Crippen LogP contribution in [-0.4, -0.2) is 31.8 Å².